The van der Waals surface area contributed by atoms with Gasteiger partial charge in [-0.1, -0.05) is 17.7 Å². The van der Waals surface area contributed by atoms with Crippen LogP contribution in [0.5, 0.6) is 5.75 Å². The molecule has 0 aromatic heterocycles. The number of nitrogens with one attached hydrogen (secondary N) is 2. The third-order valence-electron chi connectivity index (χ3n) is 2.99. The average Bonchev–Trinajstić information content (AvgIpc) is 2.51. The van der Waals surface area contributed by atoms with Gasteiger partial charge in [-0.25, -0.2) is 12.8 Å². The maximum Gasteiger partial charge on any atom is 0.262 e. The van der Waals surface area contributed by atoms with E-state index in [-0.39, 0.29) is 27.3 Å². The zero-order valence-electron chi connectivity index (χ0n) is 12.8. The third kappa shape index (κ3) is 3.95. The summed E-state index contributed by atoms with van der Waals surface area (Å²) in [5.74, 6) is -1.05. The van der Waals surface area contributed by atoms with Crippen molar-refractivity contribution in [3.05, 3.63) is 47.2 Å². The molecule has 2 N–H and O–H groups in total. The second-order valence-electron chi connectivity index (χ2n) is 4.75. The van der Waals surface area contributed by atoms with E-state index in [2.05, 4.69) is 10.0 Å². The first-order valence-corrected chi connectivity index (χ1v) is 8.53. The first-order valence-electron chi connectivity index (χ1n) is 6.67. The van der Waals surface area contributed by atoms with Crippen LogP contribution in [0.3, 0.4) is 0 Å². The summed E-state index contributed by atoms with van der Waals surface area (Å²) in [7, 11) is -2.74. The van der Waals surface area contributed by atoms with Crippen molar-refractivity contribution in [3.8, 4) is 5.75 Å². The van der Waals surface area contributed by atoms with E-state index in [0.717, 1.165) is 0 Å². The summed E-state index contributed by atoms with van der Waals surface area (Å²) in [6, 6.07) is 7.84. The van der Waals surface area contributed by atoms with E-state index in [1.54, 1.807) is 0 Å². The predicted octanol–water partition coefficient (Wildman–Crippen LogP) is 3.25. The lowest BCUT2D eigenvalue weighted by atomic mass is 10.3. The lowest BCUT2D eigenvalue weighted by molar-refractivity contribution is -0.114. The molecule has 0 unspecified atom stereocenters. The molecule has 2 aromatic rings. The van der Waals surface area contributed by atoms with Crippen molar-refractivity contribution in [1.82, 2.24) is 0 Å². The number of carbonyl (C=O) groups is 1. The van der Waals surface area contributed by atoms with Gasteiger partial charge in [0.25, 0.3) is 10.0 Å². The van der Waals surface area contributed by atoms with Crippen molar-refractivity contribution < 1.29 is 22.3 Å². The molecule has 2 aromatic carbocycles. The molecule has 0 aliphatic rings. The molecule has 0 atom stereocenters. The summed E-state index contributed by atoms with van der Waals surface area (Å²) < 4.78 is 45.9. The number of hydrogen-bond acceptors (Lipinski definition) is 4. The van der Waals surface area contributed by atoms with Gasteiger partial charge in [0.15, 0.2) is 5.82 Å². The fourth-order valence-corrected chi connectivity index (χ4v) is 3.17. The molecule has 2 rings (SSSR count). The summed E-state index contributed by atoms with van der Waals surface area (Å²) >= 11 is 5.64. The highest BCUT2D eigenvalue weighted by atomic mass is 35.5. The Labute approximate surface area is 143 Å². The summed E-state index contributed by atoms with van der Waals surface area (Å²) in [6.07, 6.45) is 0. The van der Waals surface area contributed by atoms with Gasteiger partial charge in [-0.2, -0.15) is 0 Å². The van der Waals surface area contributed by atoms with Crippen LogP contribution in [-0.4, -0.2) is 21.4 Å². The second kappa shape index (κ2) is 7.06. The molecule has 24 heavy (non-hydrogen) atoms. The zero-order valence-corrected chi connectivity index (χ0v) is 14.3. The number of halogens is 2. The number of hydrogen-bond donors (Lipinski definition) is 2. The molecule has 9 heteroatoms. The molecule has 0 saturated carbocycles. The molecule has 0 aliphatic carbocycles. The Kier molecular flexibility index (Phi) is 5.30. The quantitative estimate of drug-likeness (QED) is 0.843. The molecular formula is C15H14ClFN2O4S. The minimum atomic E-state index is -4.07. The van der Waals surface area contributed by atoms with Crippen LogP contribution < -0.4 is 14.8 Å². The molecule has 0 heterocycles. The normalized spacial score (nSPS) is 11.0. The van der Waals surface area contributed by atoms with Crippen molar-refractivity contribution in [1.29, 1.82) is 0 Å². The van der Waals surface area contributed by atoms with Gasteiger partial charge in [0.1, 0.15) is 5.75 Å². The second-order valence-corrected chi connectivity index (χ2v) is 6.84. The van der Waals surface area contributed by atoms with Crippen molar-refractivity contribution in [2.24, 2.45) is 0 Å². The molecule has 6 nitrogen and oxygen atoms in total. The van der Waals surface area contributed by atoms with E-state index in [1.165, 1.54) is 50.4 Å². The molecule has 1 amide bonds. The highest BCUT2D eigenvalue weighted by Gasteiger charge is 2.19. The standard InChI is InChI=1S/C15H14ClFN2O4S/c1-9(20)18-12-7-6-10(8-14(12)23-2)24(21,22)19-13-5-3-4-11(16)15(13)17/h3-8,19H,1-2H3,(H,18,20). The molecule has 128 valence electrons. The van der Waals surface area contributed by atoms with Crippen LogP contribution in [0.4, 0.5) is 15.8 Å². The van der Waals surface area contributed by atoms with Crippen LogP contribution in [0.15, 0.2) is 41.3 Å². The Morgan fingerprint density at radius 2 is 1.92 bits per heavy atom. The minimum Gasteiger partial charge on any atom is -0.495 e. The van der Waals surface area contributed by atoms with Gasteiger partial charge in [-0.15, -0.1) is 0 Å². The monoisotopic (exact) mass is 372 g/mol. The van der Waals surface area contributed by atoms with Gasteiger partial charge < -0.3 is 10.1 Å². The molecule has 0 bridgehead atoms. The fraction of sp³-hybridized carbons (Fsp3) is 0.133. The van der Waals surface area contributed by atoms with E-state index in [4.69, 9.17) is 16.3 Å². The first-order chi connectivity index (χ1) is 11.2. The number of carbonyl (C=O) groups excluding carboxylic acids is 1. The van der Waals surface area contributed by atoms with Gasteiger partial charge in [0.2, 0.25) is 5.91 Å². The van der Waals surface area contributed by atoms with Gasteiger partial charge >= 0.3 is 0 Å². The lowest BCUT2D eigenvalue weighted by Crippen LogP contribution is -2.15. The maximum atomic E-state index is 13.9. The van der Waals surface area contributed by atoms with Crippen molar-refractivity contribution in [3.63, 3.8) is 0 Å². The molecule has 0 aliphatic heterocycles. The minimum absolute atomic E-state index is 0.152. The number of rotatable bonds is 5. The van der Waals surface area contributed by atoms with Crippen LogP contribution in [-0.2, 0) is 14.8 Å². The van der Waals surface area contributed by atoms with Crippen LogP contribution in [0.2, 0.25) is 5.02 Å². The van der Waals surface area contributed by atoms with Gasteiger partial charge in [0.05, 0.1) is 28.4 Å². The van der Waals surface area contributed by atoms with Crippen LogP contribution >= 0.6 is 11.6 Å². The summed E-state index contributed by atoms with van der Waals surface area (Å²) in [5.41, 5.74) is 0.0466. The van der Waals surface area contributed by atoms with E-state index in [0.29, 0.717) is 5.69 Å². The number of ether oxygens (including phenoxy) is 1. The molecule has 0 fully saturated rings. The van der Waals surface area contributed by atoms with Gasteiger partial charge in [-0.05, 0) is 24.3 Å². The maximum absolute atomic E-state index is 13.9. The highest BCUT2D eigenvalue weighted by molar-refractivity contribution is 7.92. The van der Waals surface area contributed by atoms with Crippen molar-refractivity contribution in [2.45, 2.75) is 11.8 Å². The Morgan fingerprint density at radius 1 is 1.21 bits per heavy atom. The number of amides is 1. The Hall–Kier alpha value is -2.32. The Morgan fingerprint density at radius 3 is 2.54 bits per heavy atom. The number of sulfonamides is 1. The predicted molar refractivity (Wildman–Crippen MR) is 89.5 cm³/mol. The average molecular weight is 373 g/mol. The smallest absolute Gasteiger partial charge is 0.262 e. The summed E-state index contributed by atoms with van der Waals surface area (Å²) in [5, 5.41) is 2.31. The van der Waals surface area contributed by atoms with Gasteiger partial charge in [0, 0.05) is 13.0 Å². The Balaban J connectivity index is 2.39. The zero-order chi connectivity index (χ0) is 17.9. The van der Waals surface area contributed by atoms with Gasteiger partial charge in [-0.3, -0.25) is 9.52 Å². The van der Waals surface area contributed by atoms with Crippen LogP contribution in [0, 0.1) is 5.82 Å². The summed E-state index contributed by atoms with van der Waals surface area (Å²) in [4.78, 5) is 11.0. The largest absolute Gasteiger partial charge is 0.495 e. The first kappa shape index (κ1) is 18.0. The van der Waals surface area contributed by atoms with E-state index in [9.17, 15) is 17.6 Å². The van der Waals surface area contributed by atoms with Crippen LogP contribution in [0.25, 0.3) is 0 Å². The fourth-order valence-electron chi connectivity index (χ4n) is 1.92. The van der Waals surface area contributed by atoms with Crippen LogP contribution in [0.1, 0.15) is 6.92 Å². The molecule has 0 saturated heterocycles. The topological polar surface area (TPSA) is 84.5 Å². The van der Waals surface area contributed by atoms with Crippen molar-refractivity contribution in [2.75, 3.05) is 17.1 Å². The van der Waals surface area contributed by atoms with E-state index < -0.39 is 15.8 Å². The number of anilines is 2. The number of benzene rings is 2. The van der Waals surface area contributed by atoms with E-state index >= 15 is 0 Å². The molecule has 0 spiro atoms. The van der Waals surface area contributed by atoms with Crippen molar-refractivity contribution >= 4 is 38.9 Å². The molecule has 0 radical (unpaired) electrons. The molecular weight excluding hydrogens is 359 g/mol. The lowest BCUT2D eigenvalue weighted by Gasteiger charge is -2.13. The summed E-state index contributed by atoms with van der Waals surface area (Å²) in [6.45, 7) is 1.31. The highest BCUT2D eigenvalue weighted by Crippen LogP contribution is 2.29. The SMILES string of the molecule is COc1cc(S(=O)(=O)Nc2cccc(Cl)c2F)ccc1NC(C)=O. The Bertz CT molecular complexity index is 887. The van der Waals surface area contributed by atoms with E-state index in [1.807, 2.05) is 0 Å². The third-order valence-corrected chi connectivity index (χ3v) is 4.64. The number of methoxy groups -OCH3 is 1.